The molecular formula is C18H26N2O4. The molecule has 0 heterocycles. The Balaban J connectivity index is 2.37. The third-order valence-electron chi connectivity index (χ3n) is 3.60. The molecule has 0 aliphatic rings. The Morgan fingerprint density at radius 3 is 2.29 bits per heavy atom. The van der Waals surface area contributed by atoms with Gasteiger partial charge in [-0.15, -0.1) is 0 Å². The van der Waals surface area contributed by atoms with E-state index in [1.54, 1.807) is 20.8 Å². The van der Waals surface area contributed by atoms with Crippen molar-refractivity contribution in [1.82, 2.24) is 10.6 Å². The van der Waals surface area contributed by atoms with Crippen molar-refractivity contribution in [3.8, 4) is 0 Å². The highest BCUT2D eigenvalue weighted by molar-refractivity contribution is 5.91. The summed E-state index contributed by atoms with van der Waals surface area (Å²) in [5.41, 5.74) is 0.542. The van der Waals surface area contributed by atoms with Crippen molar-refractivity contribution in [2.24, 2.45) is 5.41 Å². The molecule has 1 aromatic rings. The van der Waals surface area contributed by atoms with Crippen LogP contribution in [0.1, 0.15) is 39.2 Å². The number of rotatable bonds is 8. The topological polar surface area (TPSA) is 95.5 Å². The smallest absolute Gasteiger partial charge is 0.326 e. The minimum absolute atomic E-state index is 0.209. The Hall–Kier alpha value is -2.37. The van der Waals surface area contributed by atoms with Crippen LogP contribution in [-0.4, -0.2) is 35.5 Å². The van der Waals surface area contributed by atoms with Crippen molar-refractivity contribution in [3.05, 3.63) is 35.9 Å². The molecular weight excluding hydrogens is 308 g/mol. The number of aryl methyl sites for hydroxylation is 1. The number of carboxylic acids is 1. The summed E-state index contributed by atoms with van der Waals surface area (Å²) in [6, 6.07) is 8.10. The largest absolute Gasteiger partial charge is 0.480 e. The minimum atomic E-state index is -1.22. The van der Waals surface area contributed by atoms with Crippen LogP contribution in [0.3, 0.4) is 0 Å². The Bertz CT molecular complexity index is 564. The molecule has 1 unspecified atom stereocenters. The number of carboxylic acid groups (broad SMARTS) is 1. The van der Waals surface area contributed by atoms with E-state index in [9.17, 15) is 14.4 Å². The van der Waals surface area contributed by atoms with Crippen molar-refractivity contribution in [2.45, 2.75) is 46.1 Å². The van der Waals surface area contributed by atoms with Gasteiger partial charge < -0.3 is 15.7 Å². The number of hydrogen-bond donors (Lipinski definition) is 3. The number of amides is 2. The fraction of sp³-hybridized carbons (Fsp3) is 0.500. The maximum absolute atomic E-state index is 11.9. The van der Waals surface area contributed by atoms with Gasteiger partial charge in [0.25, 0.3) is 0 Å². The van der Waals surface area contributed by atoms with Crippen molar-refractivity contribution in [2.75, 3.05) is 6.54 Å². The molecule has 0 bridgehead atoms. The highest BCUT2D eigenvalue weighted by Gasteiger charge is 2.29. The van der Waals surface area contributed by atoms with E-state index in [1.165, 1.54) is 5.56 Å². The van der Waals surface area contributed by atoms with E-state index in [4.69, 9.17) is 5.11 Å². The number of benzene rings is 1. The van der Waals surface area contributed by atoms with Crippen molar-refractivity contribution >= 4 is 17.8 Å². The van der Waals surface area contributed by atoms with Crippen LogP contribution in [0.15, 0.2) is 30.3 Å². The Morgan fingerprint density at radius 1 is 1.12 bits per heavy atom. The Labute approximate surface area is 142 Å². The van der Waals surface area contributed by atoms with Crippen molar-refractivity contribution < 1.29 is 19.5 Å². The lowest BCUT2D eigenvalue weighted by Gasteiger charge is -2.20. The lowest BCUT2D eigenvalue weighted by Crippen LogP contribution is -2.48. The second kappa shape index (κ2) is 9.05. The summed E-state index contributed by atoms with van der Waals surface area (Å²) in [6.07, 6.45) is 1.35. The molecule has 0 aliphatic heterocycles. The number of ketones is 1. The second-order valence-electron chi connectivity index (χ2n) is 6.76. The quantitative estimate of drug-likeness (QED) is 0.636. The van der Waals surface area contributed by atoms with E-state index < -0.39 is 23.5 Å². The van der Waals surface area contributed by atoms with Crippen LogP contribution >= 0.6 is 0 Å². The summed E-state index contributed by atoms with van der Waals surface area (Å²) in [6.45, 7) is 5.59. The number of Topliss-reactive ketones (excluding diaryl/α,β-unsaturated/α-hetero) is 1. The summed E-state index contributed by atoms with van der Waals surface area (Å²) >= 11 is 0. The van der Waals surface area contributed by atoms with Gasteiger partial charge in [0.15, 0.2) is 0 Å². The molecule has 0 spiro atoms. The SMILES string of the molecule is CC(C)(C)C(=O)CC(NC(=O)NCCCc1ccccc1)C(=O)O. The number of aliphatic carboxylic acids is 1. The third-order valence-corrected chi connectivity index (χ3v) is 3.60. The first kappa shape index (κ1) is 19.7. The molecule has 2 amide bonds. The molecule has 0 aromatic heterocycles. The van der Waals surface area contributed by atoms with Crippen LogP contribution < -0.4 is 10.6 Å². The normalized spacial score (nSPS) is 12.3. The Kier molecular flexibility index (Phi) is 7.42. The first-order chi connectivity index (χ1) is 11.2. The van der Waals surface area contributed by atoms with Crippen LogP contribution in [0.5, 0.6) is 0 Å². The number of carbonyl (C=O) groups is 3. The zero-order chi connectivity index (χ0) is 18.2. The minimum Gasteiger partial charge on any atom is -0.480 e. The Morgan fingerprint density at radius 2 is 1.75 bits per heavy atom. The summed E-state index contributed by atoms with van der Waals surface area (Å²) < 4.78 is 0. The summed E-state index contributed by atoms with van der Waals surface area (Å²) in [5.74, 6) is -1.42. The van der Waals surface area contributed by atoms with Crippen molar-refractivity contribution in [1.29, 1.82) is 0 Å². The van der Waals surface area contributed by atoms with Gasteiger partial charge in [-0.3, -0.25) is 4.79 Å². The highest BCUT2D eigenvalue weighted by atomic mass is 16.4. The summed E-state index contributed by atoms with van der Waals surface area (Å²) in [5, 5.41) is 14.1. The van der Waals surface area contributed by atoms with E-state index in [1.807, 2.05) is 30.3 Å². The first-order valence-corrected chi connectivity index (χ1v) is 8.04. The van der Waals surface area contributed by atoms with Gasteiger partial charge in [0, 0.05) is 18.4 Å². The first-order valence-electron chi connectivity index (χ1n) is 8.04. The molecule has 6 nitrogen and oxygen atoms in total. The molecule has 1 aromatic carbocycles. The number of nitrogens with one attached hydrogen (secondary N) is 2. The van der Waals surface area contributed by atoms with E-state index in [2.05, 4.69) is 10.6 Å². The fourth-order valence-corrected chi connectivity index (χ4v) is 2.04. The zero-order valence-electron chi connectivity index (χ0n) is 14.5. The molecule has 6 heteroatoms. The van der Waals surface area contributed by atoms with E-state index in [0.29, 0.717) is 6.54 Å². The molecule has 0 saturated heterocycles. The average Bonchev–Trinajstić information content (AvgIpc) is 2.50. The highest BCUT2D eigenvalue weighted by Crippen LogP contribution is 2.17. The van der Waals surface area contributed by atoms with E-state index >= 15 is 0 Å². The maximum Gasteiger partial charge on any atom is 0.326 e. The van der Waals surface area contributed by atoms with Crippen molar-refractivity contribution in [3.63, 3.8) is 0 Å². The zero-order valence-corrected chi connectivity index (χ0v) is 14.5. The van der Waals surface area contributed by atoms with Gasteiger partial charge in [-0.05, 0) is 18.4 Å². The molecule has 1 rings (SSSR count). The molecule has 0 saturated carbocycles. The number of carbonyl (C=O) groups excluding carboxylic acids is 2. The number of hydrogen-bond acceptors (Lipinski definition) is 3. The molecule has 132 valence electrons. The second-order valence-corrected chi connectivity index (χ2v) is 6.76. The summed E-state index contributed by atoms with van der Waals surface area (Å²) in [4.78, 5) is 35.0. The molecule has 24 heavy (non-hydrogen) atoms. The third kappa shape index (κ3) is 7.26. The predicted octanol–water partition coefficient (Wildman–Crippen LogP) is 2.38. The molecule has 0 aliphatic carbocycles. The average molecular weight is 334 g/mol. The van der Waals surface area contributed by atoms with Gasteiger partial charge in [-0.2, -0.15) is 0 Å². The lowest BCUT2D eigenvalue weighted by molar-refractivity contribution is -0.142. The van der Waals surface area contributed by atoms with Crippen LogP contribution in [0.25, 0.3) is 0 Å². The van der Waals surface area contributed by atoms with Crippen LogP contribution in [0.2, 0.25) is 0 Å². The van der Waals surface area contributed by atoms with E-state index in [-0.39, 0.29) is 12.2 Å². The molecule has 3 N–H and O–H groups in total. The molecule has 0 radical (unpaired) electrons. The lowest BCUT2D eigenvalue weighted by atomic mass is 9.87. The standard InChI is InChI=1S/C18H26N2O4/c1-18(2,3)15(21)12-14(16(22)23)20-17(24)19-11-7-10-13-8-5-4-6-9-13/h4-6,8-9,14H,7,10-12H2,1-3H3,(H,22,23)(H2,19,20,24). The van der Waals surface area contributed by atoms with Gasteiger partial charge in [-0.25, -0.2) is 9.59 Å². The maximum atomic E-state index is 11.9. The van der Waals surface area contributed by atoms with Crippen LogP contribution in [0, 0.1) is 5.41 Å². The van der Waals surface area contributed by atoms with Gasteiger partial charge in [0.1, 0.15) is 11.8 Å². The molecule has 1 atom stereocenters. The predicted molar refractivity (Wildman–Crippen MR) is 91.8 cm³/mol. The van der Waals surface area contributed by atoms with Gasteiger partial charge in [0.2, 0.25) is 0 Å². The van der Waals surface area contributed by atoms with Crippen LogP contribution in [0.4, 0.5) is 4.79 Å². The fourth-order valence-electron chi connectivity index (χ4n) is 2.04. The van der Waals surface area contributed by atoms with Gasteiger partial charge in [0.05, 0.1) is 0 Å². The van der Waals surface area contributed by atoms with E-state index in [0.717, 1.165) is 12.8 Å². The molecule has 0 fully saturated rings. The number of urea groups is 1. The monoisotopic (exact) mass is 334 g/mol. The summed E-state index contributed by atoms with van der Waals surface area (Å²) in [7, 11) is 0. The van der Waals surface area contributed by atoms with Gasteiger partial charge in [-0.1, -0.05) is 51.1 Å². The van der Waals surface area contributed by atoms with Crippen LogP contribution in [-0.2, 0) is 16.0 Å². The van der Waals surface area contributed by atoms with Gasteiger partial charge >= 0.3 is 12.0 Å².